The molecule has 56 heavy (non-hydrogen) atoms. The first-order valence-electron chi connectivity index (χ1n) is 19.4. The van der Waals surface area contributed by atoms with E-state index in [2.05, 4.69) is 77.4 Å². The van der Waals surface area contributed by atoms with Crippen LogP contribution in [0.15, 0.2) is 72.9 Å². The number of fused-ring (bicyclic) bond motifs is 2. The summed E-state index contributed by atoms with van der Waals surface area (Å²) in [5.74, 6) is 2.95. The van der Waals surface area contributed by atoms with Gasteiger partial charge < -0.3 is 29.7 Å². The lowest BCUT2D eigenvalue weighted by atomic mass is 9.85. The van der Waals surface area contributed by atoms with Crippen LogP contribution < -0.4 is 25.0 Å². The van der Waals surface area contributed by atoms with Crippen molar-refractivity contribution in [1.29, 1.82) is 0 Å². The number of rotatable bonds is 10. The first kappa shape index (κ1) is 40.0. The van der Waals surface area contributed by atoms with Crippen LogP contribution in [-0.4, -0.2) is 86.2 Å². The number of ether oxygens (including phenoxy) is 2. The summed E-state index contributed by atoms with van der Waals surface area (Å²) in [6, 6.07) is 21.9. The molecule has 1 fully saturated rings. The Morgan fingerprint density at radius 2 is 1.77 bits per heavy atom. The molecule has 2 aliphatic rings. The number of carbonyl (C=O) groups excluding carboxylic acids is 1. The number of nitrogens with one attached hydrogen (secondary N) is 2. The number of urea groups is 1. The molecular weight excluding hydrogens is 711 g/mol. The van der Waals surface area contributed by atoms with Crippen molar-refractivity contribution in [3.05, 3.63) is 89.7 Å². The molecule has 7 rings (SSSR count). The first-order valence-corrected chi connectivity index (χ1v) is 19.4. The van der Waals surface area contributed by atoms with Crippen LogP contribution >= 0.6 is 0 Å². The maximum absolute atomic E-state index is 13.8. The number of anilines is 2. The number of piperidine rings is 1. The summed E-state index contributed by atoms with van der Waals surface area (Å²) in [5, 5.41) is 27.2. The fourth-order valence-electron chi connectivity index (χ4n) is 7.52. The highest BCUT2D eigenvalue weighted by atomic mass is 16.5. The van der Waals surface area contributed by atoms with E-state index in [0.29, 0.717) is 11.9 Å². The minimum absolute atomic E-state index is 0.00802. The van der Waals surface area contributed by atoms with E-state index in [1.807, 2.05) is 79.3 Å². The maximum Gasteiger partial charge on any atom is 0.320 e. The van der Waals surface area contributed by atoms with Crippen LogP contribution in [0.1, 0.15) is 95.7 Å². The van der Waals surface area contributed by atoms with Gasteiger partial charge in [-0.3, -0.25) is 14.5 Å². The third-order valence-electron chi connectivity index (χ3n) is 10.2. The van der Waals surface area contributed by atoms with Crippen molar-refractivity contribution in [3.8, 4) is 17.2 Å². The summed E-state index contributed by atoms with van der Waals surface area (Å²) in [4.78, 5) is 26.6. The molecule has 0 spiro atoms. The Morgan fingerprint density at radius 3 is 2.50 bits per heavy atom. The number of aromatic nitrogens is 5. The highest BCUT2D eigenvalue weighted by Gasteiger charge is 2.31. The highest BCUT2D eigenvalue weighted by Crippen LogP contribution is 2.39. The van der Waals surface area contributed by atoms with E-state index in [1.165, 1.54) is 6.42 Å². The zero-order valence-corrected chi connectivity index (χ0v) is 33.5. The van der Waals surface area contributed by atoms with Gasteiger partial charge in [0.25, 0.3) is 6.47 Å². The van der Waals surface area contributed by atoms with Crippen LogP contribution in [0.25, 0.3) is 11.3 Å². The van der Waals surface area contributed by atoms with E-state index in [9.17, 15) is 4.79 Å². The van der Waals surface area contributed by atoms with Crippen LogP contribution in [0.5, 0.6) is 11.5 Å². The molecule has 14 nitrogen and oxygen atoms in total. The number of pyridine rings is 1. The lowest BCUT2D eigenvalue weighted by Crippen LogP contribution is -2.38. The molecule has 0 radical (unpaired) electrons. The minimum atomic E-state index is -0.296. The molecule has 1 aliphatic carbocycles. The second kappa shape index (κ2) is 17.4. The Kier molecular flexibility index (Phi) is 12.5. The van der Waals surface area contributed by atoms with Gasteiger partial charge in [0.1, 0.15) is 29.5 Å². The maximum atomic E-state index is 13.8. The van der Waals surface area contributed by atoms with Crippen LogP contribution in [0.2, 0.25) is 0 Å². The molecule has 4 atom stereocenters. The van der Waals surface area contributed by atoms with Gasteiger partial charge in [0.15, 0.2) is 5.65 Å². The molecule has 4 heterocycles. The largest absolute Gasteiger partial charge is 0.489 e. The highest BCUT2D eigenvalue weighted by molar-refractivity contribution is 5.89. The number of likely N-dealkylation sites (N-methyl/N-ethyl adjacent to an activating group) is 1. The van der Waals surface area contributed by atoms with Crippen LogP contribution in [0.4, 0.5) is 16.6 Å². The van der Waals surface area contributed by atoms with Crippen LogP contribution in [-0.2, 0) is 10.2 Å². The van der Waals surface area contributed by atoms with Crippen molar-refractivity contribution in [2.24, 2.45) is 0 Å². The Hall–Kier alpha value is -5.63. The Labute approximate surface area is 328 Å². The number of nitrogens with zero attached hydrogens (tertiary/aromatic N) is 7. The average Bonchev–Trinajstić information content (AvgIpc) is 3.77. The molecule has 1 unspecified atom stereocenters. The van der Waals surface area contributed by atoms with Gasteiger partial charge in [-0.15, -0.1) is 10.2 Å². The second-order valence-corrected chi connectivity index (χ2v) is 16.0. The summed E-state index contributed by atoms with van der Waals surface area (Å²) in [6.07, 6.45) is 6.86. The molecule has 2 amide bonds. The normalized spacial score (nSPS) is 18.7. The number of carbonyl (C=O) groups is 2. The molecule has 298 valence electrons. The molecule has 1 saturated heterocycles. The third kappa shape index (κ3) is 9.41. The summed E-state index contributed by atoms with van der Waals surface area (Å²) in [5.41, 5.74) is 4.36. The fraction of sp³-hybridized carbons (Fsp3) is 0.452. The van der Waals surface area contributed by atoms with Crippen molar-refractivity contribution < 1.29 is 24.2 Å². The van der Waals surface area contributed by atoms with Crippen molar-refractivity contribution in [2.45, 2.75) is 96.4 Å². The predicted molar refractivity (Wildman–Crippen MR) is 217 cm³/mol. The average molecular weight is 766 g/mol. The predicted octanol–water partition coefficient (Wildman–Crippen LogP) is 7.40. The molecular formula is C42H55N9O5. The topological polar surface area (TPSA) is 151 Å². The van der Waals surface area contributed by atoms with Crippen LogP contribution in [0, 0.1) is 0 Å². The molecule has 3 N–H and O–H groups in total. The third-order valence-corrected chi connectivity index (χ3v) is 10.2. The standard InChI is InChI=1S/C41H53N9O3.CH2O2/c1-27-13-10-11-22-48(27)40-45-44-37-21-18-31(26-49(37)40)53-35-20-19-34(32-16-8-9-17-33(32)35)42-39(51)43-38-24-36(41(3,4)5)46-50(38)29-14-12-15-30(23-29)52-28(2)25-47(6)7;2-1-3/h8-9,12,14-18,21,23-24,26-28,34-35H,10-11,13,19-20,22,25H2,1-7H3,(H2,42,43,51);1H,(H,2,3)/t27?,28-,34+,35-;/m1./s1. The molecule has 5 aromatic rings. The zero-order valence-electron chi connectivity index (χ0n) is 33.5. The molecule has 0 bridgehead atoms. The van der Waals surface area contributed by atoms with Crippen molar-refractivity contribution in [3.63, 3.8) is 0 Å². The number of hydrogen-bond acceptors (Lipinski definition) is 9. The Bertz CT molecular complexity index is 2110. The Morgan fingerprint density at radius 1 is 1.00 bits per heavy atom. The first-order chi connectivity index (χ1) is 26.8. The van der Waals surface area contributed by atoms with Gasteiger partial charge >= 0.3 is 6.03 Å². The molecule has 3 aromatic heterocycles. The van der Waals surface area contributed by atoms with Gasteiger partial charge in [-0.25, -0.2) is 9.48 Å². The quantitative estimate of drug-likeness (QED) is 0.123. The monoisotopic (exact) mass is 765 g/mol. The summed E-state index contributed by atoms with van der Waals surface area (Å²) in [6.45, 7) is 12.2. The number of carboxylic acid groups (broad SMARTS) is 1. The van der Waals surface area contributed by atoms with Gasteiger partial charge in [0, 0.05) is 36.7 Å². The lowest BCUT2D eigenvalue weighted by molar-refractivity contribution is -0.122. The number of hydrogen-bond donors (Lipinski definition) is 3. The molecule has 1 aliphatic heterocycles. The molecule has 2 aromatic carbocycles. The van der Waals surface area contributed by atoms with E-state index in [4.69, 9.17) is 24.5 Å². The Balaban J connectivity index is 0.00000172. The van der Waals surface area contributed by atoms with E-state index in [0.717, 1.165) is 84.4 Å². The van der Waals surface area contributed by atoms with E-state index >= 15 is 0 Å². The SMILES string of the molecule is CC1CCCCN1c1nnc2ccc(O[C@@H]3CC[C@H](NC(=O)Nc4cc(C(C)(C)C)nn4-c4cccc(O[C@H](C)CN(C)C)c4)c4ccccc43)cn12.O=CO. The molecule has 14 heteroatoms. The van der Waals surface area contributed by atoms with Crippen LogP contribution in [0.3, 0.4) is 0 Å². The summed E-state index contributed by atoms with van der Waals surface area (Å²) >= 11 is 0. The van der Waals surface area contributed by atoms with Gasteiger partial charge in [0.2, 0.25) is 5.95 Å². The van der Waals surface area contributed by atoms with Crippen molar-refractivity contribution in [2.75, 3.05) is 37.4 Å². The van der Waals surface area contributed by atoms with E-state index < -0.39 is 0 Å². The molecule has 0 saturated carbocycles. The number of benzene rings is 2. The van der Waals surface area contributed by atoms with Gasteiger partial charge in [-0.1, -0.05) is 51.1 Å². The fourth-order valence-corrected chi connectivity index (χ4v) is 7.52. The van der Waals surface area contributed by atoms with Gasteiger partial charge in [-0.05, 0) is 95.4 Å². The van der Waals surface area contributed by atoms with Gasteiger partial charge in [-0.2, -0.15) is 5.10 Å². The van der Waals surface area contributed by atoms with Gasteiger partial charge in [0.05, 0.1) is 23.6 Å². The van der Waals surface area contributed by atoms with E-state index in [-0.39, 0.29) is 36.2 Å². The number of amides is 2. The summed E-state index contributed by atoms with van der Waals surface area (Å²) in [7, 11) is 4.06. The second-order valence-electron chi connectivity index (χ2n) is 16.0. The van der Waals surface area contributed by atoms with E-state index in [1.54, 1.807) is 4.68 Å². The van der Waals surface area contributed by atoms with Crippen molar-refractivity contribution in [1.82, 2.24) is 34.6 Å². The zero-order chi connectivity index (χ0) is 40.0. The van der Waals surface area contributed by atoms with Crippen molar-refractivity contribution >= 4 is 29.9 Å². The minimum Gasteiger partial charge on any atom is -0.489 e. The smallest absolute Gasteiger partial charge is 0.320 e. The lowest BCUT2D eigenvalue weighted by Gasteiger charge is -2.33. The summed E-state index contributed by atoms with van der Waals surface area (Å²) < 4.78 is 16.7.